The van der Waals surface area contributed by atoms with E-state index in [2.05, 4.69) is 26.2 Å². The van der Waals surface area contributed by atoms with Gasteiger partial charge in [0.2, 0.25) is 5.91 Å². The van der Waals surface area contributed by atoms with Crippen molar-refractivity contribution in [3.05, 3.63) is 30.1 Å². The Hall–Kier alpha value is -1.46. The van der Waals surface area contributed by atoms with Crippen molar-refractivity contribution in [2.24, 2.45) is 11.8 Å². The maximum Gasteiger partial charge on any atom is 0.219 e. The van der Waals surface area contributed by atoms with Crippen LogP contribution in [0.1, 0.15) is 50.5 Å². The van der Waals surface area contributed by atoms with Gasteiger partial charge in [-0.15, -0.1) is 0 Å². The van der Waals surface area contributed by atoms with Gasteiger partial charge in [-0.2, -0.15) is 0 Å². The average Bonchev–Trinajstić information content (AvgIpc) is 2.71. The van der Waals surface area contributed by atoms with Crippen LogP contribution in [0.25, 0.3) is 0 Å². The Morgan fingerprint density at radius 1 is 1.30 bits per heavy atom. The van der Waals surface area contributed by atoms with E-state index in [0.29, 0.717) is 12.5 Å². The number of carbonyl (C=O) groups excluding carboxylic acids is 1. The quantitative estimate of drug-likeness (QED) is 0.836. The third kappa shape index (κ3) is 4.19. The summed E-state index contributed by atoms with van der Waals surface area (Å²) in [5.41, 5.74) is 1.32. The van der Waals surface area contributed by atoms with Gasteiger partial charge < -0.3 is 5.32 Å². The maximum atomic E-state index is 11.7. The first-order valence-electron chi connectivity index (χ1n) is 10.8. The zero-order chi connectivity index (χ0) is 18.6. The van der Waals surface area contributed by atoms with Crippen molar-refractivity contribution in [3.63, 3.8) is 0 Å². The lowest BCUT2D eigenvalue weighted by atomic mass is 9.69. The monoisotopic (exact) mass is 370 g/mol. The van der Waals surface area contributed by atoms with Gasteiger partial charge in [-0.1, -0.05) is 6.07 Å². The van der Waals surface area contributed by atoms with Gasteiger partial charge in [0.05, 0.1) is 0 Å². The van der Waals surface area contributed by atoms with Crippen molar-refractivity contribution in [3.8, 4) is 0 Å². The van der Waals surface area contributed by atoms with Crippen LogP contribution in [-0.2, 0) is 11.3 Å². The molecule has 0 radical (unpaired) electrons. The number of hydrogen-bond acceptors (Lipinski definition) is 4. The van der Waals surface area contributed by atoms with Gasteiger partial charge in [0.1, 0.15) is 0 Å². The van der Waals surface area contributed by atoms with Crippen LogP contribution in [0.15, 0.2) is 24.5 Å². The molecule has 4 heterocycles. The Morgan fingerprint density at radius 2 is 2.15 bits per heavy atom. The number of piperidine rings is 3. The number of amides is 1. The molecule has 0 unspecified atom stereocenters. The molecule has 0 aromatic carbocycles. The van der Waals surface area contributed by atoms with E-state index in [1.165, 1.54) is 50.9 Å². The molecule has 3 aliphatic rings. The summed E-state index contributed by atoms with van der Waals surface area (Å²) in [6.45, 7) is 4.80. The van der Waals surface area contributed by atoms with E-state index in [0.717, 1.165) is 37.3 Å². The van der Waals surface area contributed by atoms with Crippen LogP contribution in [0.5, 0.6) is 0 Å². The highest BCUT2D eigenvalue weighted by molar-refractivity contribution is 5.75. The Labute approximate surface area is 163 Å². The molecule has 3 aliphatic heterocycles. The molecule has 0 bridgehead atoms. The molecule has 0 saturated carbocycles. The zero-order valence-electron chi connectivity index (χ0n) is 16.6. The Kier molecular flexibility index (Phi) is 6.08. The molecule has 1 aromatic rings. The second-order valence-corrected chi connectivity index (χ2v) is 8.66. The number of nitrogens with zero attached hydrogens (tertiary/aromatic N) is 3. The highest BCUT2D eigenvalue weighted by Crippen LogP contribution is 2.43. The van der Waals surface area contributed by atoms with Crippen LogP contribution in [0.2, 0.25) is 0 Å². The second kappa shape index (κ2) is 8.70. The number of hydrogen-bond donors (Lipinski definition) is 1. The lowest BCUT2D eigenvalue weighted by Gasteiger charge is -2.57. The van der Waals surface area contributed by atoms with Gasteiger partial charge in [-0.05, 0) is 75.1 Å². The largest absolute Gasteiger partial charge is 0.359 e. The molecule has 5 nitrogen and oxygen atoms in total. The van der Waals surface area contributed by atoms with Gasteiger partial charge in [0.15, 0.2) is 0 Å². The first-order valence-corrected chi connectivity index (χ1v) is 10.8. The highest BCUT2D eigenvalue weighted by Gasteiger charge is 2.48. The predicted molar refractivity (Wildman–Crippen MR) is 107 cm³/mol. The fourth-order valence-corrected chi connectivity index (χ4v) is 5.98. The lowest BCUT2D eigenvalue weighted by Crippen LogP contribution is -2.64. The summed E-state index contributed by atoms with van der Waals surface area (Å²) in [7, 11) is 1.74. The van der Waals surface area contributed by atoms with Crippen molar-refractivity contribution in [1.82, 2.24) is 20.1 Å². The molecule has 5 heteroatoms. The van der Waals surface area contributed by atoms with Crippen molar-refractivity contribution < 1.29 is 4.79 Å². The summed E-state index contributed by atoms with van der Waals surface area (Å²) >= 11 is 0. The van der Waals surface area contributed by atoms with Crippen LogP contribution in [0.4, 0.5) is 0 Å². The Morgan fingerprint density at radius 3 is 2.93 bits per heavy atom. The first kappa shape index (κ1) is 18.9. The minimum Gasteiger partial charge on any atom is -0.359 e. The molecule has 1 N–H and O–H groups in total. The molecule has 0 spiro atoms. The predicted octanol–water partition coefficient (Wildman–Crippen LogP) is 2.67. The highest BCUT2D eigenvalue weighted by atomic mass is 16.1. The van der Waals surface area contributed by atoms with Crippen LogP contribution < -0.4 is 5.32 Å². The van der Waals surface area contributed by atoms with E-state index in [-0.39, 0.29) is 5.91 Å². The SMILES string of the molecule is CNC(=O)CCC[C@@H]1[C@H]2CCCN3CCC[C@@H](CN1Cc1cccnc1)[C@@H]23. The number of rotatable bonds is 6. The van der Waals surface area contributed by atoms with E-state index >= 15 is 0 Å². The van der Waals surface area contributed by atoms with Crippen molar-refractivity contribution in [2.75, 3.05) is 26.7 Å². The van der Waals surface area contributed by atoms with E-state index in [9.17, 15) is 4.79 Å². The van der Waals surface area contributed by atoms with Crippen LogP contribution in [-0.4, -0.2) is 59.5 Å². The molecule has 27 heavy (non-hydrogen) atoms. The summed E-state index contributed by atoms with van der Waals surface area (Å²) < 4.78 is 0. The van der Waals surface area contributed by atoms with Crippen LogP contribution >= 0.6 is 0 Å². The van der Waals surface area contributed by atoms with E-state index < -0.39 is 0 Å². The summed E-state index contributed by atoms with van der Waals surface area (Å²) in [5, 5.41) is 2.77. The summed E-state index contributed by atoms with van der Waals surface area (Å²) in [4.78, 5) is 21.6. The standard InChI is InChI=1S/C22H34N4O/c1-23-21(27)10-2-9-20-19-8-5-13-25-12-4-7-18(22(19)25)16-26(20)15-17-6-3-11-24-14-17/h3,6,11,14,18-20,22H,2,4-5,7-10,12-13,15-16H2,1H3,(H,23,27)/t18-,19+,20+,22-/m0/s1. The molecular formula is C22H34N4O. The number of pyridine rings is 1. The minimum atomic E-state index is 0.172. The molecule has 4 rings (SSSR count). The molecular weight excluding hydrogens is 336 g/mol. The summed E-state index contributed by atoms with van der Waals surface area (Å²) in [5.74, 6) is 1.75. The topological polar surface area (TPSA) is 48.5 Å². The Balaban J connectivity index is 1.52. The van der Waals surface area contributed by atoms with Gasteiger partial charge in [-0.3, -0.25) is 19.6 Å². The molecule has 1 amide bonds. The van der Waals surface area contributed by atoms with Crippen molar-refractivity contribution in [1.29, 1.82) is 0 Å². The van der Waals surface area contributed by atoms with Crippen LogP contribution in [0.3, 0.4) is 0 Å². The molecule has 1 aromatic heterocycles. The zero-order valence-corrected chi connectivity index (χ0v) is 16.6. The molecule has 148 valence electrons. The smallest absolute Gasteiger partial charge is 0.219 e. The van der Waals surface area contributed by atoms with Gasteiger partial charge in [-0.25, -0.2) is 0 Å². The Bertz CT molecular complexity index is 620. The second-order valence-electron chi connectivity index (χ2n) is 8.66. The maximum absolute atomic E-state index is 11.7. The lowest BCUT2D eigenvalue weighted by molar-refractivity contribution is -0.121. The minimum absolute atomic E-state index is 0.172. The number of likely N-dealkylation sites (tertiary alicyclic amines) is 1. The fraction of sp³-hybridized carbons (Fsp3) is 0.727. The normalized spacial score (nSPS) is 31.3. The van der Waals surface area contributed by atoms with Gasteiger partial charge in [0.25, 0.3) is 0 Å². The van der Waals surface area contributed by atoms with E-state index in [1.807, 2.05) is 18.5 Å². The van der Waals surface area contributed by atoms with Gasteiger partial charge in [0, 0.05) is 51.0 Å². The van der Waals surface area contributed by atoms with E-state index in [4.69, 9.17) is 0 Å². The number of aromatic nitrogens is 1. The third-order valence-electron chi connectivity index (χ3n) is 7.07. The van der Waals surface area contributed by atoms with Crippen LogP contribution in [0, 0.1) is 11.8 Å². The molecule has 0 aliphatic carbocycles. The summed E-state index contributed by atoms with van der Waals surface area (Å²) in [6, 6.07) is 5.63. The first-order chi connectivity index (χ1) is 13.3. The van der Waals surface area contributed by atoms with Crippen molar-refractivity contribution in [2.45, 2.75) is 63.6 Å². The average molecular weight is 371 g/mol. The third-order valence-corrected chi connectivity index (χ3v) is 7.07. The van der Waals surface area contributed by atoms with Crippen molar-refractivity contribution >= 4 is 5.91 Å². The number of nitrogens with one attached hydrogen (secondary N) is 1. The number of carbonyl (C=O) groups is 1. The molecule has 3 saturated heterocycles. The molecule has 3 fully saturated rings. The summed E-state index contributed by atoms with van der Waals surface area (Å²) in [6.07, 6.45) is 12.1. The molecule has 4 atom stereocenters. The fourth-order valence-electron chi connectivity index (χ4n) is 5.98. The van der Waals surface area contributed by atoms with Gasteiger partial charge >= 0.3 is 0 Å². The van der Waals surface area contributed by atoms with E-state index in [1.54, 1.807) is 7.05 Å².